The molecule has 0 saturated carbocycles. The van der Waals surface area contributed by atoms with Gasteiger partial charge in [0.05, 0.1) is 24.4 Å². The zero-order valence-corrected chi connectivity index (χ0v) is 22.5. The number of aliphatic hydroxyl groups is 1. The Labute approximate surface area is 236 Å². The number of hydrogen-bond acceptors (Lipinski definition) is 7. The molecule has 1 aliphatic heterocycles. The van der Waals surface area contributed by atoms with Crippen LogP contribution in [0.3, 0.4) is 0 Å². The minimum Gasteiger partial charge on any atom is -0.481 e. The van der Waals surface area contributed by atoms with E-state index in [2.05, 4.69) is 5.32 Å². The van der Waals surface area contributed by atoms with Crippen molar-refractivity contribution in [1.29, 1.82) is 0 Å². The fourth-order valence-corrected chi connectivity index (χ4v) is 5.17. The van der Waals surface area contributed by atoms with Gasteiger partial charge in [-0.3, -0.25) is 9.59 Å². The lowest BCUT2D eigenvalue weighted by atomic mass is 10.0. The van der Waals surface area contributed by atoms with Crippen molar-refractivity contribution in [2.24, 2.45) is 0 Å². The fourth-order valence-electron chi connectivity index (χ4n) is 4.25. The number of anilines is 1. The van der Waals surface area contributed by atoms with E-state index in [1.807, 2.05) is 36.4 Å². The first-order valence-corrected chi connectivity index (χ1v) is 13.9. The highest BCUT2D eigenvalue weighted by Crippen LogP contribution is 2.39. The molecule has 0 spiro atoms. The molecule has 9 nitrogen and oxygen atoms in total. The summed E-state index contributed by atoms with van der Waals surface area (Å²) in [6, 6.07) is 21.5. The van der Waals surface area contributed by atoms with Gasteiger partial charge in [-0.2, -0.15) is 0 Å². The van der Waals surface area contributed by atoms with Crippen LogP contribution in [0.2, 0.25) is 0 Å². The predicted molar refractivity (Wildman–Crippen MR) is 149 cm³/mol. The molecule has 1 fully saturated rings. The standard InChI is InChI=1S/C30H31NO8S/c32-17-19-4-6-20(7-5-19)26-16-24(18-40-25-14-10-21(11-15-25)29(36)37)38-30(39-26)22-8-12-23(13-9-22)31-27(33)2-1-3-28(34)35/h4-15,24,26,30,32H,1-3,16-18H2,(H,31,33)(H,34,35)(H,36,37)/t24-,26+,30+/m1/s1. The molecular weight excluding hydrogens is 534 g/mol. The second-order valence-electron chi connectivity index (χ2n) is 9.41. The summed E-state index contributed by atoms with van der Waals surface area (Å²) in [5.74, 6) is -1.52. The smallest absolute Gasteiger partial charge is 0.335 e. The van der Waals surface area contributed by atoms with Gasteiger partial charge in [0.15, 0.2) is 6.29 Å². The van der Waals surface area contributed by atoms with Crippen molar-refractivity contribution in [3.63, 3.8) is 0 Å². The van der Waals surface area contributed by atoms with E-state index in [9.17, 15) is 19.5 Å². The SMILES string of the molecule is O=C(O)CCCC(=O)Nc1ccc([C@H]2O[C@@H](CSc3ccc(C(=O)O)cc3)C[C@@H](c3ccc(CO)cc3)O2)cc1. The van der Waals surface area contributed by atoms with Crippen molar-refractivity contribution in [2.45, 2.75) is 55.7 Å². The van der Waals surface area contributed by atoms with E-state index in [0.29, 0.717) is 17.9 Å². The fraction of sp³-hybridized carbons (Fsp3) is 0.300. The maximum absolute atomic E-state index is 12.1. The Morgan fingerprint density at radius 2 is 1.52 bits per heavy atom. The Kier molecular flexibility index (Phi) is 10.3. The first kappa shape index (κ1) is 29.3. The number of aliphatic carboxylic acids is 1. The highest BCUT2D eigenvalue weighted by Gasteiger charge is 2.32. The monoisotopic (exact) mass is 565 g/mol. The van der Waals surface area contributed by atoms with Crippen LogP contribution in [0.5, 0.6) is 0 Å². The van der Waals surface area contributed by atoms with E-state index < -0.39 is 18.2 Å². The van der Waals surface area contributed by atoms with Crippen LogP contribution in [-0.4, -0.2) is 45.0 Å². The van der Waals surface area contributed by atoms with E-state index in [0.717, 1.165) is 21.6 Å². The predicted octanol–water partition coefficient (Wildman–Crippen LogP) is 5.41. The number of carboxylic acid groups (broad SMARTS) is 2. The lowest BCUT2D eigenvalue weighted by molar-refractivity contribution is -0.245. The number of amides is 1. The Morgan fingerprint density at radius 1 is 0.850 bits per heavy atom. The summed E-state index contributed by atoms with van der Waals surface area (Å²) in [6.07, 6.45) is -0.125. The van der Waals surface area contributed by atoms with Crippen LogP contribution in [0.25, 0.3) is 0 Å². The second-order valence-corrected chi connectivity index (χ2v) is 10.5. The highest BCUT2D eigenvalue weighted by atomic mass is 32.2. The maximum Gasteiger partial charge on any atom is 0.335 e. The molecular formula is C30H31NO8S. The van der Waals surface area contributed by atoms with E-state index in [4.69, 9.17) is 19.7 Å². The summed E-state index contributed by atoms with van der Waals surface area (Å²) in [7, 11) is 0. The number of aromatic carboxylic acids is 1. The van der Waals surface area contributed by atoms with Gasteiger partial charge in [-0.15, -0.1) is 11.8 Å². The summed E-state index contributed by atoms with van der Waals surface area (Å²) in [5, 5.41) is 30.1. The quantitative estimate of drug-likeness (QED) is 0.212. The van der Waals surface area contributed by atoms with Crippen LogP contribution in [0.15, 0.2) is 77.7 Å². The molecule has 3 atom stereocenters. The lowest BCUT2D eigenvalue weighted by Gasteiger charge is -2.36. The molecule has 0 radical (unpaired) electrons. The number of rotatable bonds is 12. The number of aliphatic hydroxyl groups excluding tert-OH is 1. The first-order chi connectivity index (χ1) is 19.3. The van der Waals surface area contributed by atoms with Gasteiger partial charge in [-0.25, -0.2) is 4.79 Å². The number of ether oxygens (including phenoxy) is 2. The summed E-state index contributed by atoms with van der Waals surface area (Å²) in [4.78, 5) is 34.8. The highest BCUT2D eigenvalue weighted by molar-refractivity contribution is 7.99. The zero-order valence-electron chi connectivity index (χ0n) is 21.7. The zero-order chi connectivity index (χ0) is 28.5. The van der Waals surface area contributed by atoms with Gasteiger partial charge in [0.2, 0.25) is 5.91 Å². The van der Waals surface area contributed by atoms with Crippen molar-refractivity contribution in [3.05, 3.63) is 95.1 Å². The number of carbonyl (C=O) groups is 3. The average molecular weight is 566 g/mol. The molecule has 1 heterocycles. The van der Waals surface area contributed by atoms with E-state index in [1.54, 1.807) is 48.2 Å². The van der Waals surface area contributed by atoms with Gasteiger partial charge in [-0.05, 0) is 53.9 Å². The summed E-state index contributed by atoms with van der Waals surface area (Å²) >= 11 is 1.57. The van der Waals surface area contributed by atoms with Gasteiger partial charge < -0.3 is 30.1 Å². The average Bonchev–Trinajstić information content (AvgIpc) is 2.96. The first-order valence-electron chi connectivity index (χ1n) is 12.9. The molecule has 10 heteroatoms. The maximum atomic E-state index is 12.1. The topological polar surface area (TPSA) is 142 Å². The molecule has 0 bridgehead atoms. The molecule has 0 unspecified atom stereocenters. The van der Waals surface area contributed by atoms with Crippen LogP contribution < -0.4 is 5.32 Å². The number of carbonyl (C=O) groups excluding carboxylic acids is 1. The van der Waals surface area contributed by atoms with Gasteiger partial charge >= 0.3 is 11.9 Å². The molecule has 3 aromatic rings. The van der Waals surface area contributed by atoms with E-state index in [-0.39, 0.29) is 49.5 Å². The van der Waals surface area contributed by atoms with Crippen molar-refractivity contribution in [3.8, 4) is 0 Å². The molecule has 1 saturated heterocycles. The largest absolute Gasteiger partial charge is 0.481 e. The van der Waals surface area contributed by atoms with Gasteiger partial charge in [0, 0.05) is 41.2 Å². The molecule has 1 aliphatic rings. The van der Waals surface area contributed by atoms with E-state index >= 15 is 0 Å². The van der Waals surface area contributed by atoms with Gasteiger partial charge in [-0.1, -0.05) is 36.4 Å². The number of thioether (sulfide) groups is 1. The third-order valence-corrected chi connectivity index (χ3v) is 7.56. The normalized spacial score (nSPS) is 18.7. The Balaban J connectivity index is 1.44. The number of benzene rings is 3. The van der Waals surface area contributed by atoms with E-state index in [1.165, 1.54) is 0 Å². The Morgan fingerprint density at radius 3 is 2.15 bits per heavy atom. The number of carboxylic acids is 2. The summed E-state index contributed by atoms with van der Waals surface area (Å²) in [5.41, 5.74) is 3.38. The van der Waals surface area contributed by atoms with Crippen LogP contribution in [0, 0.1) is 0 Å². The van der Waals surface area contributed by atoms with Crippen molar-refractivity contribution in [1.82, 2.24) is 0 Å². The van der Waals surface area contributed by atoms with Gasteiger partial charge in [0.25, 0.3) is 0 Å². The van der Waals surface area contributed by atoms with Crippen molar-refractivity contribution < 1.29 is 39.2 Å². The van der Waals surface area contributed by atoms with Crippen LogP contribution >= 0.6 is 11.8 Å². The molecule has 0 aromatic heterocycles. The van der Waals surface area contributed by atoms with Crippen molar-refractivity contribution >= 4 is 35.3 Å². The lowest BCUT2D eigenvalue weighted by Crippen LogP contribution is -2.31. The molecule has 40 heavy (non-hydrogen) atoms. The number of nitrogens with one attached hydrogen (secondary N) is 1. The second kappa shape index (κ2) is 14.1. The summed E-state index contributed by atoms with van der Waals surface area (Å²) < 4.78 is 12.7. The van der Waals surface area contributed by atoms with Crippen molar-refractivity contribution in [2.75, 3.05) is 11.1 Å². The van der Waals surface area contributed by atoms with Gasteiger partial charge in [0.1, 0.15) is 0 Å². The molecule has 0 aliphatic carbocycles. The van der Waals surface area contributed by atoms with Crippen LogP contribution in [-0.2, 0) is 25.7 Å². The molecule has 210 valence electrons. The minimum atomic E-state index is -0.967. The third-order valence-electron chi connectivity index (χ3n) is 6.41. The third kappa shape index (κ3) is 8.40. The molecule has 4 N–H and O–H groups in total. The molecule has 1 amide bonds. The summed E-state index contributed by atoms with van der Waals surface area (Å²) in [6.45, 7) is -0.0417. The number of hydrogen-bond donors (Lipinski definition) is 4. The molecule has 3 aromatic carbocycles. The van der Waals surface area contributed by atoms with Crippen LogP contribution in [0.1, 0.15) is 65.1 Å². The Hall–Kier alpha value is -3.70. The minimum absolute atomic E-state index is 0.0417. The Bertz CT molecular complexity index is 1290. The molecule has 4 rings (SSSR count). The van der Waals surface area contributed by atoms with Crippen LogP contribution in [0.4, 0.5) is 5.69 Å².